The van der Waals surface area contributed by atoms with Crippen molar-refractivity contribution in [2.24, 2.45) is 0 Å². The molecule has 0 aromatic carbocycles. The Morgan fingerprint density at radius 3 is 1.51 bits per heavy atom. The molecule has 0 N–H and O–H groups in total. The number of hydrogen-bond acceptors (Lipinski definition) is 7. The number of ether oxygens (including phenoxy) is 4. The summed E-state index contributed by atoms with van der Waals surface area (Å²) >= 11 is 5.55. The van der Waals surface area contributed by atoms with Crippen molar-refractivity contribution in [3.63, 3.8) is 0 Å². The molecule has 0 aromatic heterocycles. The number of nitriles is 2. The second-order valence-electron chi connectivity index (χ2n) is 7.54. The summed E-state index contributed by atoms with van der Waals surface area (Å²) in [6.07, 6.45) is 19.0. The maximum absolute atomic E-state index is 9.01. The van der Waals surface area contributed by atoms with Crippen molar-refractivity contribution in [2.45, 2.75) is 0 Å². The maximum Gasteiger partial charge on any atom is 2.00 e. The van der Waals surface area contributed by atoms with Gasteiger partial charge < -0.3 is 23.8 Å². The van der Waals surface area contributed by atoms with E-state index >= 15 is 0 Å². The Hall–Kier alpha value is -1.35. The monoisotopic (exact) mass is 565 g/mol. The molecule has 196 valence electrons. The second kappa shape index (κ2) is 21.6. The van der Waals surface area contributed by atoms with Gasteiger partial charge in [0.15, 0.2) is 0 Å². The van der Waals surface area contributed by atoms with E-state index in [4.69, 9.17) is 41.1 Å². The van der Waals surface area contributed by atoms with Crippen molar-refractivity contribution in [3.8, 4) is 12.1 Å². The molecule has 2 saturated carbocycles. The van der Waals surface area contributed by atoms with Crippen LogP contribution < -0.4 is 0 Å². The predicted molar refractivity (Wildman–Crippen MR) is 138 cm³/mol. The number of hydrogen-bond donors (Lipinski definition) is 0. The van der Waals surface area contributed by atoms with E-state index in [0.29, 0.717) is 71.0 Å². The van der Waals surface area contributed by atoms with Crippen LogP contribution in [0.5, 0.6) is 0 Å². The van der Waals surface area contributed by atoms with Gasteiger partial charge in [-0.1, -0.05) is 18.2 Å². The zero-order valence-corrected chi connectivity index (χ0v) is 22.6. The van der Waals surface area contributed by atoms with E-state index in [-0.39, 0.29) is 22.6 Å². The summed E-state index contributed by atoms with van der Waals surface area (Å²) in [5.74, 6) is 2.02. The van der Waals surface area contributed by atoms with E-state index < -0.39 is 0 Å². The molecule has 1 heterocycles. The van der Waals surface area contributed by atoms with Crippen molar-refractivity contribution in [1.82, 2.24) is 4.90 Å². The third-order valence-corrected chi connectivity index (χ3v) is 5.27. The SMILES string of the molecule is C=C(Cl)[C]1[CH][CH][CH][CH]1.N#CC(C#N)=C/C=C(/[C]1[CH][CH][CH][CH]1)N1CCOCCOCCOCCOCC1.[Fe+2]. The van der Waals surface area contributed by atoms with Crippen LogP contribution in [0.3, 0.4) is 0 Å². The molecule has 0 aromatic rings. The normalized spacial score (nSPS) is 21.2. The largest absolute Gasteiger partial charge is 2.00 e. The van der Waals surface area contributed by atoms with Gasteiger partial charge in [-0.25, -0.2) is 0 Å². The molecule has 0 unspecified atom stereocenters. The topological polar surface area (TPSA) is 87.7 Å². The van der Waals surface area contributed by atoms with Crippen molar-refractivity contribution < 1.29 is 36.0 Å². The van der Waals surface area contributed by atoms with Crippen molar-refractivity contribution >= 4 is 11.6 Å². The zero-order chi connectivity index (χ0) is 25.8. The minimum Gasteiger partial charge on any atom is -0.377 e. The molecule has 37 heavy (non-hydrogen) atoms. The molecule has 0 amide bonds. The number of rotatable bonds is 4. The molecule has 0 bridgehead atoms. The molecule has 2 aliphatic carbocycles. The summed E-state index contributed by atoms with van der Waals surface area (Å²) in [5.41, 5.74) is 0.973. The summed E-state index contributed by atoms with van der Waals surface area (Å²) in [7, 11) is 0. The third-order valence-electron chi connectivity index (χ3n) is 5.05. The van der Waals surface area contributed by atoms with Crippen LogP contribution in [0.25, 0.3) is 0 Å². The summed E-state index contributed by atoms with van der Waals surface area (Å²) in [4.78, 5) is 2.14. The Kier molecular flexibility index (Phi) is 19.6. The Labute approximate surface area is 238 Å². The van der Waals surface area contributed by atoms with E-state index in [9.17, 15) is 0 Å². The average molecular weight is 566 g/mol. The number of nitrogens with zero attached hydrogens (tertiary/aromatic N) is 3. The smallest absolute Gasteiger partial charge is 0.377 e. The van der Waals surface area contributed by atoms with Gasteiger partial charge in [-0.2, -0.15) is 10.5 Å². The van der Waals surface area contributed by atoms with Crippen molar-refractivity contribution in [2.75, 3.05) is 65.9 Å². The Morgan fingerprint density at radius 2 is 1.14 bits per heavy atom. The summed E-state index contributed by atoms with van der Waals surface area (Å²) in [6.45, 7) is 9.13. The van der Waals surface area contributed by atoms with Gasteiger partial charge in [-0.05, 0) is 63.5 Å². The van der Waals surface area contributed by atoms with Gasteiger partial charge in [0.1, 0.15) is 17.7 Å². The quantitative estimate of drug-likeness (QED) is 0.291. The minimum absolute atomic E-state index is 0. The fourth-order valence-corrected chi connectivity index (χ4v) is 3.34. The van der Waals surface area contributed by atoms with E-state index in [2.05, 4.69) is 11.5 Å². The van der Waals surface area contributed by atoms with Crippen LogP contribution in [0.1, 0.15) is 0 Å². The third kappa shape index (κ3) is 14.4. The molecular weight excluding hydrogens is 534 g/mol. The van der Waals surface area contributed by atoms with E-state index in [1.54, 1.807) is 12.2 Å². The van der Waals surface area contributed by atoms with Crippen LogP contribution in [0, 0.1) is 85.9 Å². The molecule has 0 atom stereocenters. The van der Waals surface area contributed by atoms with E-state index in [0.717, 1.165) is 17.5 Å². The van der Waals surface area contributed by atoms with Crippen LogP contribution in [-0.2, 0) is 36.0 Å². The molecule has 1 aliphatic heterocycles. The minimum atomic E-state index is 0. The molecule has 3 rings (SSSR count). The first kappa shape index (κ1) is 33.7. The number of halogens is 1. The summed E-state index contributed by atoms with van der Waals surface area (Å²) < 4.78 is 22.3. The standard InChI is InChI=1S/C21H26N3O4.C7H6Cl.Fe/c22-17-19(18-23)5-6-21(20-3-1-2-4-20)24-7-9-25-11-13-27-15-16-28-14-12-26-10-8-24;1-6(8)7-4-2-3-5-7;/h1-6H,7-16H2;2-5H,1H2;/q;;+2/b21-6-;;. The molecule has 7 nitrogen and oxygen atoms in total. The fourth-order valence-electron chi connectivity index (χ4n) is 3.21. The predicted octanol–water partition coefficient (Wildman–Crippen LogP) is 3.77. The van der Waals surface area contributed by atoms with Gasteiger partial charge in [0, 0.05) is 35.7 Å². The Bertz CT molecular complexity index is 749. The zero-order valence-electron chi connectivity index (χ0n) is 20.8. The van der Waals surface area contributed by atoms with Crippen LogP contribution in [0.15, 0.2) is 35.0 Å². The maximum atomic E-state index is 9.01. The first-order valence-electron chi connectivity index (χ1n) is 11.7. The summed E-state index contributed by atoms with van der Waals surface area (Å²) in [5, 5.41) is 18.6. The fraction of sp³-hybridized carbons (Fsp3) is 0.357. The van der Waals surface area contributed by atoms with Gasteiger partial charge in [0.05, 0.1) is 52.9 Å². The molecule has 0 spiro atoms. The van der Waals surface area contributed by atoms with Gasteiger partial charge >= 0.3 is 17.1 Å². The number of allylic oxidation sites excluding steroid dienone is 5. The average Bonchev–Trinajstić information content (AvgIpc) is 3.61. The molecule has 1 saturated heterocycles. The Balaban J connectivity index is 0.000000647. The van der Waals surface area contributed by atoms with Gasteiger partial charge in [0.2, 0.25) is 0 Å². The molecular formula is C28H32ClFeN3O4+2. The molecule has 3 fully saturated rings. The molecule has 10 radical (unpaired) electrons. The van der Waals surface area contributed by atoms with Gasteiger partial charge in [-0.3, -0.25) is 0 Å². The van der Waals surface area contributed by atoms with Crippen LogP contribution in [-0.4, -0.2) is 70.8 Å². The first-order valence-corrected chi connectivity index (χ1v) is 12.1. The van der Waals surface area contributed by atoms with Crippen LogP contribution in [0.4, 0.5) is 0 Å². The van der Waals surface area contributed by atoms with Crippen molar-refractivity contribution in [3.05, 3.63) is 98.2 Å². The van der Waals surface area contributed by atoms with Crippen molar-refractivity contribution in [1.29, 1.82) is 10.5 Å². The summed E-state index contributed by atoms with van der Waals surface area (Å²) in [6, 6.07) is 3.78. The van der Waals surface area contributed by atoms with Crippen LogP contribution >= 0.6 is 11.6 Å². The van der Waals surface area contributed by atoms with Crippen LogP contribution in [0.2, 0.25) is 0 Å². The molecule has 3 aliphatic rings. The second-order valence-corrected chi connectivity index (χ2v) is 8.00. The van der Waals surface area contributed by atoms with E-state index in [1.165, 1.54) is 0 Å². The van der Waals surface area contributed by atoms with E-state index in [1.807, 2.05) is 63.5 Å². The van der Waals surface area contributed by atoms with Gasteiger partial charge in [-0.15, -0.1) is 0 Å². The first-order chi connectivity index (χ1) is 17.7. The Morgan fingerprint density at radius 1 is 0.730 bits per heavy atom. The van der Waals surface area contributed by atoms with Gasteiger partial charge in [0.25, 0.3) is 0 Å². The molecule has 9 heteroatoms.